The molecule has 2 rings (SSSR count). The van der Waals surface area contributed by atoms with Crippen molar-refractivity contribution >= 4 is 11.4 Å². The molecule has 4 nitrogen and oxygen atoms in total. The summed E-state index contributed by atoms with van der Waals surface area (Å²) < 4.78 is 5.19. The van der Waals surface area contributed by atoms with Crippen molar-refractivity contribution in [1.29, 1.82) is 0 Å². The molecule has 1 aliphatic rings. The van der Waals surface area contributed by atoms with Crippen LogP contribution in [0.1, 0.15) is 25.7 Å². The van der Waals surface area contributed by atoms with E-state index in [1.165, 1.54) is 0 Å². The molecule has 1 aromatic carbocycles. The Kier molecular flexibility index (Phi) is 4.31. The van der Waals surface area contributed by atoms with Crippen LogP contribution in [0.25, 0.3) is 0 Å². The maximum Gasteiger partial charge on any atom is 0.143 e. The minimum atomic E-state index is -0.0943. The van der Waals surface area contributed by atoms with Gasteiger partial charge in [-0.1, -0.05) is 6.07 Å². The molecule has 4 N–H and O–H groups in total. The average Bonchev–Trinajstić information content (AvgIpc) is 2.39. The lowest BCUT2D eigenvalue weighted by atomic mass is 9.87. The van der Waals surface area contributed by atoms with E-state index in [0.717, 1.165) is 37.9 Å². The van der Waals surface area contributed by atoms with Gasteiger partial charge in [-0.05, 0) is 43.7 Å². The van der Waals surface area contributed by atoms with Crippen LogP contribution in [0, 0.1) is 5.92 Å². The van der Waals surface area contributed by atoms with Gasteiger partial charge < -0.3 is 20.9 Å². The van der Waals surface area contributed by atoms with Crippen LogP contribution in [0.4, 0.5) is 11.4 Å². The topological polar surface area (TPSA) is 67.5 Å². The Labute approximate surface area is 108 Å². The van der Waals surface area contributed by atoms with Crippen molar-refractivity contribution in [2.24, 2.45) is 5.92 Å². The van der Waals surface area contributed by atoms with Gasteiger partial charge in [0.2, 0.25) is 0 Å². The third kappa shape index (κ3) is 3.07. The fourth-order valence-electron chi connectivity index (χ4n) is 2.48. The molecule has 18 heavy (non-hydrogen) atoms. The number of rotatable bonds is 4. The first-order chi connectivity index (χ1) is 8.70. The summed E-state index contributed by atoms with van der Waals surface area (Å²) in [5.41, 5.74) is 7.60. The SMILES string of the molecule is COc1cccc(NCC2CCC(O)CC2)c1N. The van der Waals surface area contributed by atoms with Gasteiger partial charge in [-0.15, -0.1) is 0 Å². The highest BCUT2D eigenvalue weighted by Crippen LogP contribution is 2.30. The summed E-state index contributed by atoms with van der Waals surface area (Å²) in [7, 11) is 1.62. The zero-order valence-electron chi connectivity index (χ0n) is 10.9. The van der Waals surface area contributed by atoms with Crippen molar-refractivity contribution in [2.45, 2.75) is 31.8 Å². The van der Waals surface area contributed by atoms with Crippen molar-refractivity contribution < 1.29 is 9.84 Å². The summed E-state index contributed by atoms with van der Waals surface area (Å²) in [5, 5.41) is 12.9. The van der Waals surface area contributed by atoms with Gasteiger partial charge in [-0.3, -0.25) is 0 Å². The van der Waals surface area contributed by atoms with E-state index in [9.17, 15) is 5.11 Å². The summed E-state index contributed by atoms with van der Waals surface area (Å²) in [6, 6.07) is 5.76. The highest BCUT2D eigenvalue weighted by atomic mass is 16.5. The molecule has 0 radical (unpaired) electrons. The van der Waals surface area contributed by atoms with Crippen LogP contribution in [0.5, 0.6) is 5.75 Å². The van der Waals surface area contributed by atoms with E-state index in [0.29, 0.717) is 17.4 Å². The van der Waals surface area contributed by atoms with Crippen LogP contribution in [0.2, 0.25) is 0 Å². The van der Waals surface area contributed by atoms with Crippen molar-refractivity contribution in [3.63, 3.8) is 0 Å². The zero-order chi connectivity index (χ0) is 13.0. The van der Waals surface area contributed by atoms with Crippen LogP contribution < -0.4 is 15.8 Å². The summed E-state index contributed by atoms with van der Waals surface area (Å²) in [6.07, 6.45) is 3.90. The van der Waals surface area contributed by atoms with Gasteiger partial charge in [0.15, 0.2) is 0 Å². The number of nitrogen functional groups attached to an aromatic ring is 1. The molecule has 0 aliphatic heterocycles. The maximum atomic E-state index is 9.47. The van der Waals surface area contributed by atoms with Crippen LogP contribution in [-0.2, 0) is 0 Å². The van der Waals surface area contributed by atoms with E-state index in [2.05, 4.69) is 5.32 Å². The molecular formula is C14H22N2O2. The first kappa shape index (κ1) is 13.0. The number of anilines is 2. The van der Waals surface area contributed by atoms with Crippen molar-refractivity contribution in [3.05, 3.63) is 18.2 Å². The fourth-order valence-corrected chi connectivity index (χ4v) is 2.48. The second kappa shape index (κ2) is 5.96. The molecule has 0 aromatic heterocycles. The van der Waals surface area contributed by atoms with Gasteiger partial charge in [-0.25, -0.2) is 0 Å². The normalized spacial score (nSPS) is 23.7. The van der Waals surface area contributed by atoms with E-state index < -0.39 is 0 Å². The first-order valence-corrected chi connectivity index (χ1v) is 6.55. The van der Waals surface area contributed by atoms with Gasteiger partial charge in [0, 0.05) is 6.54 Å². The number of methoxy groups -OCH3 is 1. The molecule has 0 spiro atoms. The predicted octanol–water partition coefficient (Wildman–Crippen LogP) is 2.24. The monoisotopic (exact) mass is 250 g/mol. The third-order valence-corrected chi connectivity index (χ3v) is 3.68. The molecular weight excluding hydrogens is 228 g/mol. The molecule has 0 unspecified atom stereocenters. The molecule has 1 saturated carbocycles. The number of para-hydroxylation sites is 1. The highest BCUT2D eigenvalue weighted by molar-refractivity contribution is 5.72. The van der Waals surface area contributed by atoms with E-state index in [-0.39, 0.29) is 6.10 Å². The smallest absolute Gasteiger partial charge is 0.143 e. The van der Waals surface area contributed by atoms with E-state index in [1.807, 2.05) is 18.2 Å². The van der Waals surface area contributed by atoms with Crippen LogP contribution in [0.3, 0.4) is 0 Å². The summed E-state index contributed by atoms with van der Waals surface area (Å²) in [5.74, 6) is 1.33. The van der Waals surface area contributed by atoms with Crippen molar-refractivity contribution in [2.75, 3.05) is 24.7 Å². The summed E-state index contributed by atoms with van der Waals surface area (Å²) >= 11 is 0. The zero-order valence-corrected chi connectivity index (χ0v) is 10.9. The van der Waals surface area contributed by atoms with E-state index in [4.69, 9.17) is 10.5 Å². The Morgan fingerprint density at radius 2 is 2.06 bits per heavy atom. The number of aliphatic hydroxyl groups excluding tert-OH is 1. The van der Waals surface area contributed by atoms with E-state index >= 15 is 0 Å². The Morgan fingerprint density at radius 3 is 2.72 bits per heavy atom. The number of hydrogen-bond acceptors (Lipinski definition) is 4. The Hall–Kier alpha value is -1.42. The lowest BCUT2D eigenvalue weighted by Crippen LogP contribution is -2.23. The second-order valence-electron chi connectivity index (χ2n) is 4.98. The average molecular weight is 250 g/mol. The number of nitrogens with one attached hydrogen (secondary N) is 1. The second-order valence-corrected chi connectivity index (χ2v) is 4.98. The van der Waals surface area contributed by atoms with E-state index in [1.54, 1.807) is 7.11 Å². The third-order valence-electron chi connectivity index (χ3n) is 3.68. The Bertz CT molecular complexity index is 387. The molecule has 0 heterocycles. The molecule has 0 bridgehead atoms. The molecule has 1 aromatic rings. The van der Waals surface area contributed by atoms with Gasteiger partial charge in [0.25, 0.3) is 0 Å². The van der Waals surface area contributed by atoms with Crippen LogP contribution in [0.15, 0.2) is 18.2 Å². The molecule has 1 fully saturated rings. The largest absolute Gasteiger partial charge is 0.495 e. The molecule has 1 aliphatic carbocycles. The van der Waals surface area contributed by atoms with Crippen LogP contribution in [-0.4, -0.2) is 24.9 Å². The van der Waals surface area contributed by atoms with Crippen molar-refractivity contribution in [3.8, 4) is 5.75 Å². The molecule has 100 valence electrons. The number of ether oxygens (including phenoxy) is 1. The fraction of sp³-hybridized carbons (Fsp3) is 0.571. The van der Waals surface area contributed by atoms with Crippen molar-refractivity contribution in [1.82, 2.24) is 0 Å². The molecule has 0 atom stereocenters. The number of hydrogen-bond donors (Lipinski definition) is 3. The molecule has 4 heteroatoms. The number of aliphatic hydroxyl groups is 1. The Balaban J connectivity index is 1.90. The molecule has 0 saturated heterocycles. The first-order valence-electron chi connectivity index (χ1n) is 6.55. The minimum absolute atomic E-state index is 0.0943. The predicted molar refractivity (Wildman–Crippen MR) is 73.9 cm³/mol. The number of nitrogens with two attached hydrogens (primary N) is 1. The van der Waals surface area contributed by atoms with Gasteiger partial charge >= 0.3 is 0 Å². The van der Waals surface area contributed by atoms with Gasteiger partial charge in [0.05, 0.1) is 24.6 Å². The molecule has 0 amide bonds. The standard InChI is InChI=1S/C14H22N2O2/c1-18-13-4-2-3-12(14(13)15)16-9-10-5-7-11(17)8-6-10/h2-4,10-11,16-17H,5-9,15H2,1H3. The van der Waals surface area contributed by atoms with Gasteiger partial charge in [-0.2, -0.15) is 0 Å². The minimum Gasteiger partial charge on any atom is -0.495 e. The Morgan fingerprint density at radius 1 is 1.33 bits per heavy atom. The maximum absolute atomic E-state index is 9.47. The summed E-state index contributed by atoms with van der Waals surface area (Å²) in [6.45, 7) is 0.907. The lowest BCUT2D eigenvalue weighted by molar-refractivity contribution is 0.111. The number of benzene rings is 1. The quantitative estimate of drug-likeness (QED) is 0.717. The highest BCUT2D eigenvalue weighted by Gasteiger charge is 2.19. The lowest BCUT2D eigenvalue weighted by Gasteiger charge is -2.26. The summed E-state index contributed by atoms with van der Waals surface area (Å²) in [4.78, 5) is 0. The van der Waals surface area contributed by atoms with Crippen LogP contribution >= 0.6 is 0 Å². The van der Waals surface area contributed by atoms with Gasteiger partial charge in [0.1, 0.15) is 5.75 Å².